The summed E-state index contributed by atoms with van der Waals surface area (Å²) >= 11 is 11.7. The number of halogens is 2. The highest BCUT2D eigenvalue weighted by Crippen LogP contribution is 2.24. The average Bonchev–Trinajstić information content (AvgIpc) is 2.29. The minimum Gasteiger partial charge on any atom is -0.317 e. The van der Waals surface area contributed by atoms with E-state index in [0.29, 0.717) is 21.8 Å². The molecule has 0 heterocycles. The second kappa shape index (κ2) is 6.60. The van der Waals surface area contributed by atoms with Gasteiger partial charge in [-0.1, -0.05) is 23.2 Å². The molecule has 2 atom stereocenters. The summed E-state index contributed by atoms with van der Waals surface area (Å²) in [6.45, 7) is 2.06. The summed E-state index contributed by atoms with van der Waals surface area (Å²) in [5.74, 6) is 0.625. The van der Waals surface area contributed by atoms with Gasteiger partial charge in [0.1, 0.15) is 0 Å². The smallest absolute Gasteiger partial charge is 0.0604 e. The molecule has 2 unspecified atom stereocenters. The normalized spacial score (nSPS) is 14.8. The van der Waals surface area contributed by atoms with Crippen molar-refractivity contribution in [2.45, 2.75) is 24.3 Å². The van der Waals surface area contributed by atoms with E-state index < -0.39 is 10.8 Å². The Balaban J connectivity index is 2.63. The minimum atomic E-state index is -1.01. The van der Waals surface area contributed by atoms with Gasteiger partial charge in [0.25, 0.3) is 0 Å². The molecule has 0 saturated carbocycles. The predicted octanol–water partition coefficient (Wildman–Crippen LogP) is 3.10. The fourth-order valence-corrected chi connectivity index (χ4v) is 2.80. The molecule has 0 aliphatic carbocycles. The molecule has 0 aromatic heterocycles. The van der Waals surface area contributed by atoms with Crippen LogP contribution in [0, 0.1) is 0 Å². The fourth-order valence-electron chi connectivity index (χ4n) is 1.16. The molecule has 0 spiro atoms. The summed E-state index contributed by atoms with van der Waals surface area (Å²) in [7, 11) is 0.888. The number of nitrogens with one attached hydrogen (secondary N) is 1. The zero-order chi connectivity index (χ0) is 12.1. The molecule has 16 heavy (non-hydrogen) atoms. The van der Waals surface area contributed by atoms with Gasteiger partial charge in [-0.05, 0) is 38.6 Å². The SMILES string of the molecule is CNC(C)CCS(=O)c1ccc(Cl)c(Cl)c1. The van der Waals surface area contributed by atoms with E-state index in [1.54, 1.807) is 18.2 Å². The van der Waals surface area contributed by atoms with Crippen LogP contribution < -0.4 is 5.32 Å². The lowest BCUT2D eigenvalue weighted by molar-refractivity contribution is 0.591. The molecule has 0 bridgehead atoms. The van der Waals surface area contributed by atoms with Crippen LogP contribution in [0.15, 0.2) is 23.1 Å². The van der Waals surface area contributed by atoms with E-state index in [4.69, 9.17) is 23.2 Å². The Bertz CT molecular complexity index is 384. The summed E-state index contributed by atoms with van der Waals surface area (Å²) in [5, 5.41) is 4.06. The Morgan fingerprint density at radius 1 is 1.38 bits per heavy atom. The van der Waals surface area contributed by atoms with Crippen LogP contribution in [0.5, 0.6) is 0 Å². The molecule has 0 aliphatic rings. The first-order valence-electron chi connectivity index (χ1n) is 5.05. The highest BCUT2D eigenvalue weighted by atomic mass is 35.5. The van der Waals surface area contributed by atoms with Crippen LogP contribution in [-0.4, -0.2) is 23.1 Å². The second-order valence-corrected chi connectivity index (χ2v) is 5.99. The molecule has 0 saturated heterocycles. The molecule has 5 heteroatoms. The molecule has 1 aromatic rings. The van der Waals surface area contributed by atoms with Crippen molar-refractivity contribution in [1.82, 2.24) is 5.32 Å². The lowest BCUT2D eigenvalue weighted by atomic mass is 10.3. The number of benzene rings is 1. The highest BCUT2D eigenvalue weighted by Gasteiger charge is 2.08. The zero-order valence-corrected chi connectivity index (χ0v) is 11.6. The zero-order valence-electron chi connectivity index (χ0n) is 9.30. The molecule has 1 N–H and O–H groups in total. The van der Waals surface area contributed by atoms with Crippen LogP contribution in [0.1, 0.15) is 13.3 Å². The monoisotopic (exact) mass is 279 g/mol. The molecule has 0 amide bonds. The molecule has 0 radical (unpaired) electrons. The average molecular weight is 280 g/mol. The first kappa shape index (κ1) is 14.0. The Morgan fingerprint density at radius 3 is 2.62 bits per heavy atom. The van der Waals surface area contributed by atoms with Gasteiger partial charge in [-0.2, -0.15) is 0 Å². The second-order valence-electron chi connectivity index (χ2n) is 3.60. The van der Waals surface area contributed by atoms with E-state index in [-0.39, 0.29) is 0 Å². The van der Waals surface area contributed by atoms with Crippen molar-refractivity contribution in [3.05, 3.63) is 28.2 Å². The lowest BCUT2D eigenvalue weighted by Gasteiger charge is -2.09. The van der Waals surface area contributed by atoms with Crippen molar-refractivity contribution < 1.29 is 4.21 Å². The van der Waals surface area contributed by atoms with Crippen LogP contribution in [-0.2, 0) is 10.8 Å². The Morgan fingerprint density at radius 2 is 2.06 bits per heavy atom. The molecule has 2 nitrogen and oxygen atoms in total. The fraction of sp³-hybridized carbons (Fsp3) is 0.455. The molecule has 1 rings (SSSR count). The Hall–Kier alpha value is -0.0900. The topological polar surface area (TPSA) is 29.1 Å². The minimum absolute atomic E-state index is 0.367. The third-order valence-electron chi connectivity index (χ3n) is 2.38. The number of hydrogen-bond donors (Lipinski definition) is 1. The maximum Gasteiger partial charge on any atom is 0.0604 e. The van der Waals surface area contributed by atoms with Gasteiger partial charge in [0, 0.05) is 16.7 Å². The van der Waals surface area contributed by atoms with E-state index in [1.165, 1.54) is 0 Å². The first-order valence-corrected chi connectivity index (χ1v) is 7.12. The third-order valence-corrected chi connectivity index (χ3v) is 4.51. The molecular weight excluding hydrogens is 265 g/mol. The quantitative estimate of drug-likeness (QED) is 0.898. The van der Waals surface area contributed by atoms with Crippen LogP contribution in [0.3, 0.4) is 0 Å². The van der Waals surface area contributed by atoms with E-state index in [2.05, 4.69) is 12.2 Å². The van der Waals surface area contributed by atoms with Gasteiger partial charge in [0.2, 0.25) is 0 Å². The van der Waals surface area contributed by atoms with Crippen molar-refractivity contribution in [2.24, 2.45) is 0 Å². The van der Waals surface area contributed by atoms with Gasteiger partial charge < -0.3 is 5.32 Å². The van der Waals surface area contributed by atoms with Crippen LogP contribution in [0.25, 0.3) is 0 Å². The lowest BCUT2D eigenvalue weighted by Crippen LogP contribution is -2.23. The number of hydrogen-bond acceptors (Lipinski definition) is 2. The van der Waals surface area contributed by atoms with Crippen molar-refractivity contribution in [1.29, 1.82) is 0 Å². The van der Waals surface area contributed by atoms with E-state index in [0.717, 1.165) is 11.3 Å². The third kappa shape index (κ3) is 4.06. The van der Waals surface area contributed by atoms with E-state index in [9.17, 15) is 4.21 Å². The van der Waals surface area contributed by atoms with Gasteiger partial charge >= 0.3 is 0 Å². The van der Waals surface area contributed by atoms with E-state index in [1.807, 2.05) is 7.05 Å². The van der Waals surface area contributed by atoms with Crippen LogP contribution in [0.2, 0.25) is 10.0 Å². The Labute approximate surface area is 109 Å². The van der Waals surface area contributed by atoms with Gasteiger partial charge in [-0.25, -0.2) is 0 Å². The molecule has 90 valence electrons. The van der Waals surface area contributed by atoms with Crippen LogP contribution >= 0.6 is 23.2 Å². The summed E-state index contributed by atoms with van der Waals surface area (Å²) in [6, 6.07) is 5.48. The number of rotatable bonds is 5. The van der Waals surface area contributed by atoms with Gasteiger partial charge in [0.15, 0.2) is 0 Å². The summed E-state index contributed by atoms with van der Waals surface area (Å²) < 4.78 is 11.9. The predicted molar refractivity (Wildman–Crippen MR) is 70.9 cm³/mol. The highest BCUT2D eigenvalue weighted by molar-refractivity contribution is 7.85. The van der Waals surface area contributed by atoms with Crippen molar-refractivity contribution in [2.75, 3.05) is 12.8 Å². The maximum absolute atomic E-state index is 11.9. The maximum atomic E-state index is 11.9. The van der Waals surface area contributed by atoms with Gasteiger partial charge in [-0.3, -0.25) is 4.21 Å². The van der Waals surface area contributed by atoms with Gasteiger partial charge in [0.05, 0.1) is 20.8 Å². The summed E-state index contributed by atoms with van der Waals surface area (Å²) in [4.78, 5) is 0.734. The molecule has 0 aliphatic heterocycles. The van der Waals surface area contributed by atoms with Crippen LogP contribution in [0.4, 0.5) is 0 Å². The van der Waals surface area contributed by atoms with E-state index >= 15 is 0 Å². The molecule has 0 fully saturated rings. The van der Waals surface area contributed by atoms with Crippen molar-refractivity contribution in [3.8, 4) is 0 Å². The first-order chi connectivity index (χ1) is 7.54. The van der Waals surface area contributed by atoms with Crippen molar-refractivity contribution >= 4 is 34.0 Å². The molecule has 1 aromatic carbocycles. The largest absolute Gasteiger partial charge is 0.317 e. The van der Waals surface area contributed by atoms with Crippen molar-refractivity contribution in [3.63, 3.8) is 0 Å². The standard InChI is InChI=1S/C11H15Cl2NOS/c1-8(14-2)5-6-16(15)9-3-4-10(12)11(13)7-9/h3-4,7-8,14H,5-6H2,1-2H3. The Kier molecular flexibility index (Phi) is 5.76. The summed E-state index contributed by atoms with van der Waals surface area (Å²) in [5.41, 5.74) is 0. The molecular formula is C11H15Cl2NOS. The van der Waals surface area contributed by atoms with Gasteiger partial charge in [-0.15, -0.1) is 0 Å². The summed E-state index contributed by atoms with van der Waals surface area (Å²) in [6.07, 6.45) is 0.864.